The summed E-state index contributed by atoms with van der Waals surface area (Å²) in [5, 5.41) is 3.34. The largest absolute Gasteiger partial charge is 0.383 e. The average Bonchev–Trinajstić information content (AvgIpc) is 2.44. The van der Waals surface area contributed by atoms with Gasteiger partial charge >= 0.3 is 0 Å². The van der Waals surface area contributed by atoms with Crippen LogP contribution in [-0.4, -0.2) is 30.2 Å². The van der Waals surface area contributed by atoms with E-state index in [-0.39, 0.29) is 0 Å². The van der Waals surface area contributed by atoms with Crippen molar-refractivity contribution in [2.75, 3.05) is 20.3 Å². The second-order valence-electron chi connectivity index (χ2n) is 5.36. The summed E-state index contributed by atoms with van der Waals surface area (Å²) in [6, 6.07) is 2.08. The smallest absolute Gasteiger partial charge is 0.131 e. The van der Waals surface area contributed by atoms with Crippen LogP contribution in [0.3, 0.4) is 0 Å². The van der Waals surface area contributed by atoms with Gasteiger partial charge < -0.3 is 10.1 Å². The Hall–Kier alpha value is -1.00. The summed E-state index contributed by atoms with van der Waals surface area (Å²) in [5.41, 5.74) is 2.18. The first-order chi connectivity index (χ1) is 9.29. The molecule has 4 heteroatoms. The zero-order valence-electron chi connectivity index (χ0n) is 12.1. The van der Waals surface area contributed by atoms with E-state index in [4.69, 9.17) is 9.72 Å². The van der Waals surface area contributed by atoms with E-state index >= 15 is 0 Å². The molecular weight excluding hydrogens is 238 g/mol. The van der Waals surface area contributed by atoms with Crippen LogP contribution >= 0.6 is 0 Å². The first-order valence-corrected chi connectivity index (χ1v) is 7.33. The highest BCUT2D eigenvalue weighted by atomic mass is 16.5. The van der Waals surface area contributed by atoms with Crippen molar-refractivity contribution in [3.05, 3.63) is 23.3 Å². The lowest BCUT2D eigenvalue weighted by atomic mass is 9.88. The highest BCUT2D eigenvalue weighted by Gasteiger charge is 2.18. The van der Waals surface area contributed by atoms with Crippen molar-refractivity contribution in [3.63, 3.8) is 0 Å². The molecule has 106 valence electrons. The van der Waals surface area contributed by atoms with Crippen molar-refractivity contribution >= 4 is 0 Å². The zero-order valence-corrected chi connectivity index (χ0v) is 12.1. The van der Waals surface area contributed by atoms with E-state index in [1.54, 1.807) is 7.11 Å². The molecule has 1 aromatic rings. The monoisotopic (exact) mass is 263 g/mol. The maximum Gasteiger partial charge on any atom is 0.131 e. The summed E-state index contributed by atoms with van der Waals surface area (Å²) < 4.78 is 5.03. The van der Waals surface area contributed by atoms with Gasteiger partial charge in [0.1, 0.15) is 5.82 Å². The van der Waals surface area contributed by atoms with Crippen molar-refractivity contribution in [2.24, 2.45) is 0 Å². The predicted octanol–water partition coefficient (Wildman–Crippen LogP) is 2.57. The molecule has 0 saturated heterocycles. The standard InChI is InChI=1S/C15H25N3O/c1-12-10-14(11-16-8-9-19-2)18-15(17-12)13-6-4-3-5-7-13/h10,13,16H,3-9,11H2,1-2H3. The lowest BCUT2D eigenvalue weighted by molar-refractivity contribution is 0.199. The number of hydrogen-bond donors (Lipinski definition) is 1. The molecule has 1 saturated carbocycles. The minimum Gasteiger partial charge on any atom is -0.383 e. The molecule has 4 nitrogen and oxygen atoms in total. The van der Waals surface area contributed by atoms with Crippen LogP contribution in [-0.2, 0) is 11.3 Å². The van der Waals surface area contributed by atoms with Gasteiger partial charge in [-0.15, -0.1) is 0 Å². The quantitative estimate of drug-likeness (QED) is 0.801. The third kappa shape index (κ3) is 4.55. The van der Waals surface area contributed by atoms with Gasteiger partial charge in [0, 0.05) is 31.8 Å². The van der Waals surface area contributed by atoms with Gasteiger partial charge in [-0.2, -0.15) is 0 Å². The fraction of sp³-hybridized carbons (Fsp3) is 0.733. The third-order valence-electron chi connectivity index (χ3n) is 3.68. The molecule has 2 rings (SSSR count). The molecule has 1 aromatic heterocycles. The number of ether oxygens (including phenoxy) is 1. The van der Waals surface area contributed by atoms with Crippen molar-refractivity contribution in [3.8, 4) is 0 Å². The Kier molecular flexibility index (Phi) is 5.73. The second kappa shape index (κ2) is 7.56. The van der Waals surface area contributed by atoms with E-state index < -0.39 is 0 Å². The van der Waals surface area contributed by atoms with Crippen LogP contribution in [0.4, 0.5) is 0 Å². The number of hydrogen-bond acceptors (Lipinski definition) is 4. The number of aryl methyl sites for hydroxylation is 1. The van der Waals surface area contributed by atoms with Gasteiger partial charge in [-0.1, -0.05) is 19.3 Å². The summed E-state index contributed by atoms with van der Waals surface area (Å²) in [6.07, 6.45) is 6.51. The van der Waals surface area contributed by atoms with Gasteiger partial charge in [0.05, 0.1) is 12.3 Å². The summed E-state index contributed by atoms with van der Waals surface area (Å²) in [4.78, 5) is 9.38. The maximum atomic E-state index is 5.03. The molecule has 19 heavy (non-hydrogen) atoms. The maximum absolute atomic E-state index is 5.03. The Balaban J connectivity index is 1.97. The van der Waals surface area contributed by atoms with Gasteiger partial charge in [0.2, 0.25) is 0 Å². The highest BCUT2D eigenvalue weighted by Crippen LogP contribution is 2.30. The van der Waals surface area contributed by atoms with E-state index in [2.05, 4.69) is 23.3 Å². The zero-order chi connectivity index (χ0) is 13.5. The molecule has 1 fully saturated rings. The van der Waals surface area contributed by atoms with E-state index in [0.717, 1.165) is 36.9 Å². The minimum absolute atomic E-state index is 0.575. The number of methoxy groups -OCH3 is 1. The van der Waals surface area contributed by atoms with Crippen molar-refractivity contribution in [1.29, 1.82) is 0 Å². The van der Waals surface area contributed by atoms with Crippen LogP contribution in [0.25, 0.3) is 0 Å². The number of nitrogens with zero attached hydrogens (tertiary/aromatic N) is 2. The van der Waals surface area contributed by atoms with Gasteiger partial charge in [0.25, 0.3) is 0 Å². The first-order valence-electron chi connectivity index (χ1n) is 7.33. The summed E-state index contributed by atoms with van der Waals surface area (Å²) in [5.74, 6) is 1.63. The Morgan fingerprint density at radius 2 is 2.05 bits per heavy atom. The lowest BCUT2D eigenvalue weighted by Crippen LogP contribution is -2.20. The average molecular weight is 263 g/mol. The molecule has 0 bridgehead atoms. The first kappa shape index (κ1) is 14.4. The minimum atomic E-state index is 0.575. The molecule has 1 heterocycles. The van der Waals surface area contributed by atoms with Crippen molar-refractivity contribution in [2.45, 2.75) is 51.5 Å². The van der Waals surface area contributed by atoms with Crippen molar-refractivity contribution in [1.82, 2.24) is 15.3 Å². The summed E-state index contributed by atoms with van der Waals surface area (Å²) >= 11 is 0. The van der Waals surface area contributed by atoms with Crippen LogP contribution in [0.5, 0.6) is 0 Å². The number of aromatic nitrogens is 2. The van der Waals surface area contributed by atoms with Crippen LogP contribution in [0, 0.1) is 6.92 Å². The molecule has 0 atom stereocenters. The van der Waals surface area contributed by atoms with E-state index in [9.17, 15) is 0 Å². The molecule has 0 amide bonds. The summed E-state index contributed by atoms with van der Waals surface area (Å²) in [7, 11) is 1.72. The molecular formula is C15H25N3O. The number of nitrogens with one attached hydrogen (secondary N) is 1. The molecule has 1 N–H and O–H groups in total. The van der Waals surface area contributed by atoms with Gasteiger partial charge in [-0.3, -0.25) is 0 Å². The molecule has 0 spiro atoms. The lowest BCUT2D eigenvalue weighted by Gasteiger charge is -2.21. The topological polar surface area (TPSA) is 47.0 Å². The molecule has 0 radical (unpaired) electrons. The van der Waals surface area contributed by atoms with Gasteiger partial charge in [0.15, 0.2) is 0 Å². The molecule has 1 aliphatic carbocycles. The molecule has 0 aromatic carbocycles. The molecule has 0 unspecified atom stereocenters. The Labute approximate surface area is 116 Å². The summed E-state index contributed by atoms with van der Waals surface area (Å²) in [6.45, 7) is 4.46. The van der Waals surface area contributed by atoms with E-state index in [0.29, 0.717) is 5.92 Å². The predicted molar refractivity (Wildman–Crippen MR) is 76.2 cm³/mol. The molecule has 0 aliphatic heterocycles. The van der Waals surface area contributed by atoms with Crippen LogP contribution in [0.15, 0.2) is 6.07 Å². The fourth-order valence-corrected chi connectivity index (χ4v) is 2.68. The second-order valence-corrected chi connectivity index (χ2v) is 5.36. The van der Waals surface area contributed by atoms with Crippen LogP contribution in [0.2, 0.25) is 0 Å². The Bertz CT molecular complexity index is 389. The Morgan fingerprint density at radius 1 is 1.26 bits per heavy atom. The molecule has 1 aliphatic rings. The van der Waals surface area contributed by atoms with E-state index in [1.807, 2.05) is 0 Å². The van der Waals surface area contributed by atoms with Crippen molar-refractivity contribution < 1.29 is 4.74 Å². The van der Waals surface area contributed by atoms with Crippen LogP contribution in [0.1, 0.15) is 55.2 Å². The third-order valence-corrected chi connectivity index (χ3v) is 3.68. The fourth-order valence-electron chi connectivity index (χ4n) is 2.68. The Morgan fingerprint density at radius 3 is 2.79 bits per heavy atom. The van der Waals surface area contributed by atoms with E-state index in [1.165, 1.54) is 32.1 Å². The van der Waals surface area contributed by atoms with Gasteiger partial charge in [-0.25, -0.2) is 9.97 Å². The van der Waals surface area contributed by atoms with Crippen LogP contribution < -0.4 is 5.32 Å². The normalized spacial score (nSPS) is 16.7. The highest BCUT2D eigenvalue weighted by molar-refractivity contribution is 5.12. The van der Waals surface area contributed by atoms with Gasteiger partial charge in [-0.05, 0) is 25.8 Å². The SMILES string of the molecule is COCCNCc1cc(C)nc(C2CCCCC2)n1. The number of rotatable bonds is 6.